The number of hydrogen-bond acceptors (Lipinski definition) is 5. The molecule has 21 heavy (non-hydrogen) atoms. The Morgan fingerprint density at radius 2 is 2.05 bits per heavy atom. The summed E-state index contributed by atoms with van der Waals surface area (Å²) in [4.78, 5) is 4.50. The summed E-state index contributed by atoms with van der Waals surface area (Å²) in [6, 6.07) is 7.91. The first-order chi connectivity index (χ1) is 10.2. The van der Waals surface area contributed by atoms with Gasteiger partial charge in [0.1, 0.15) is 5.75 Å². The Kier molecular flexibility index (Phi) is 3.92. The van der Waals surface area contributed by atoms with Gasteiger partial charge in [-0.1, -0.05) is 23.7 Å². The summed E-state index contributed by atoms with van der Waals surface area (Å²) in [7, 11) is 1.66. The summed E-state index contributed by atoms with van der Waals surface area (Å²) in [6.07, 6.45) is 5.06. The second kappa shape index (κ2) is 5.85. The zero-order valence-corrected chi connectivity index (χ0v) is 12.3. The van der Waals surface area contributed by atoms with E-state index in [2.05, 4.69) is 10.1 Å². The summed E-state index contributed by atoms with van der Waals surface area (Å²) in [5.41, 5.74) is 7.21. The molecule has 0 unspecified atom stereocenters. The molecule has 112 valence electrons. The van der Waals surface area contributed by atoms with E-state index in [1.54, 1.807) is 7.11 Å². The summed E-state index contributed by atoms with van der Waals surface area (Å²) in [6.45, 7) is 0.698. The highest BCUT2D eigenvalue weighted by Gasteiger charge is 2.37. The third-order valence-corrected chi connectivity index (χ3v) is 4.40. The van der Waals surface area contributed by atoms with Gasteiger partial charge >= 0.3 is 0 Å². The molecule has 0 spiro atoms. The minimum absolute atomic E-state index is 0.198. The summed E-state index contributed by atoms with van der Waals surface area (Å²) in [5.74, 6) is 2.28. The molecule has 0 atom stereocenters. The highest BCUT2D eigenvalue weighted by Crippen LogP contribution is 2.42. The van der Waals surface area contributed by atoms with Crippen LogP contribution in [0.1, 0.15) is 36.5 Å². The highest BCUT2D eigenvalue weighted by atomic mass is 16.5. The van der Waals surface area contributed by atoms with Gasteiger partial charge in [-0.2, -0.15) is 4.98 Å². The second-order valence-corrected chi connectivity index (χ2v) is 5.86. The fraction of sp³-hybridized carbons (Fsp3) is 0.500. The maximum atomic E-state index is 5.87. The average Bonchev–Trinajstić information content (AvgIpc) is 2.91. The Bertz CT molecular complexity index is 582. The van der Waals surface area contributed by atoms with E-state index < -0.39 is 0 Å². The van der Waals surface area contributed by atoms with Crippen LogP contribution >= 0.6 is 0 Å². The molecule has 1 fully saturated rings. The minimum Gasteiger partial charge on any atom is -0.497 e. The maximum Gasteiger partial charge on any atom is 0.227 e. The molecule has 1 aromatic carbocycles. The van der Waals surface area contributed by atoms with Gasteiger partial charge in [0.2, 0.25) is 5.89 Å². The lowest BCUT2D eigenvalue weighted by Crippen LogP contribution is -2.39. The second-order valence-electron chi connectivity index (χ2n) is 5.86. The van der Waals surface area contributed by atoms with Crippen LogP contribution in [0.2, 0.25) is 0 Å². The molecule has 1 aliphatic carbocycles. The van der Waals surface area contributed by atoms with Gasteiger partial charge in [0.25, 0.3) is 0 Å². The lowest BCUT2D eigenvalue weighted by atomic mass is 9.67. The van der Waals surface area contributed by atoms with Crippen LogP contribution in [-0.4, -0.2) is 23.8 Å². The number of hydrogen-bond donors (Lipinski definition) is 1. The topological polar surface area (TPSA) is 74.2 Å². The Hall–Kier alpha value is -1.88. The van der Waals surface area contributed by atoms with Crippen molar-refractivity contribution in [3.8, 4) is 5.75 Å². The zero-order chi connectivity index (χ0) is 14.7. The quantitative estimate of drug-likeness (QED) is 0.882. The molecule has 1 heterocycles. The molecule has 3 rings (SSSR count). The zero-order valence-electron chi connectivity index (χ0n) is 12.3. The van der Waals surface area contributed by atoms with Gasteiger partial charge in [0.05, 0.1) is 7.11 Å². The monoisotopic (exact) mass is 287 g/mol. The van der Waals surface area contributed by atoms with E-state index in [4.69, 9.17) is 15.0 Å². The van der Waals surface area contributed by atoms with Crippen LogP contribution in [0.4, 0.5) is 0 Å². The van der Waals surface area contributed by atoms with Crippen LogP contribution in [0.25, 0.3) is 0 Å². The van der Waals surface area contributed by atoms with Crippen LogP contribution < -0.4 is 10.5 Å². The number of aromatic nitrogens is 2. The largest absolute Gasteiger partial charge is 0.497 e. The molecule has 2 aromatic rings. The van der Waals surface area contributed by atoms with E-state index in [1.165, 1.54) is 19.3 Å². The van der Waals surface area contributed by atoms with Crippen molar-refractivity contribution in [3.05, 3.63) is 41.5 Å². The van der Waals surface area contributed by atoms with Crippen molar-refractivity contribution in [2.75, 3.05) is 13.7 Å². The number of benzene rings is 1. The lowest BCUT2D eigenvalue weighted by molar-refractivity contribution is 0.129. The maximum absolute atomic E-state index is 5.87. The van der Waals surface area contributed by atoms with Crippen LogP contribution in [0, 0.1) is 5.41 Å². The molecule has 0 amide bonds. The van der Waals surface area contributed by atoms with Crippen molar-refractivity contribution >= 4 is 0 Å². The number of rotatable bonds is 6. The molecule has 0 bridgehead atoms. The number of nitrogens with two attached hydrogens (primary N) is 1. The first-order valence-electron chi connectivity index (χ1n) is 7.37. The summed E-state index contributed by atoms with van der Waals surface area (Å²) < 4.78 is 10.5. The fourth-order valence-corrected chi connectivity index (χ4v) is 2.81. The van der Waals surface area contributed by atoms with Crippen LogP contribution in [0.3, 0.4) is 0 Å². The van der Waals surface area contributed by atoms with E-state index in [9.17, 15) is 0 Å². The number of ether oxygens (including phenoxy) is 1. The van der Waals surface area contributed by atoms with Gasteiger partial charge in [0.15, 0.2) is 5.82 Å². The van der Waals surface area contributed by atoms with E-state index in [0.717, 1.165) is 23.6 Å². The predicted molar refractivity (Wildman–Crippen MR) is 79.1 cm³/mol. The third-order valence-electron chi connectivity index (χ3n) is 4.40. The first kappa shape index (κ1) is 14.1. The Morgan fingerprint density at radius 1 is 1.29 bits per heavy atom. The molecular formula is C16H21N3O2. The molecule has 1 aliphatic rings. The molecule has 0 aliphatic heterocycles. The van der Waals surface area contributed by atoms with Crippen molar-refractivity contribution < 1.29 is 9.26 Å². The Labute approximate surface area is 124 Å². The van der Waals surface area contributed by atoms with E-state index in [0.29, 0.717) is 18.9 Å². The van der Waals surface area contributed by atoms with Crippen molar-refractivity contribution in [3.63, 3.8) is 0 Å². The normalized spacial score (nSPS) is 16.5. The van der Waals surface area contributed by atoms with Gasteiger partial charge in [0, 0.05) is 12.8 Å². The standard InChI is InChI=1S/C16H21N3O2/c1-20-13-5-3-12(4-6-13)9-14-18-15(21-19-14)10-16(11-17)7-2-8-16/h3-6H,2,7-11,17H2,1H3. The first-order valence-corrected chi connectivity index (χ1v) is 7.37. The van der Waals surface area contributed by atoms with Gasteiger partial charge in [-0.25, -0.2) is 0 Å². The Balaban J connectivity index is 1.64. The average molecular weight is 287 g/mol. The van der Waals surface area contributed by atoms with Gasteiger partial charge in [-0.15, -0.1) is 0 Å². The lowest BCUT2D eigenvalue weighted by Gasteiger charge is -2.39. The highest BCUT2D eigenvalue weighted by molar-refractivity contribution is 5.28. The van der Waals surface area contributed by atoms with Crippen molar-refractivity contribution in [1.29, 1.82) is 0 Å². The van der Waals surface area contributed by atoms with E-state index in [-0.39, 0.29) is 5.41 Å². The summed E-state index contributed by atoms with van der Waals surface area (Å²) >= 11 is 0. The van der Waals surface area contributed by atoms with E-state index >= 15 is 0 Å². The molecule has 0 saturated heterocycles. The molecule has 2 N–H and O–H groups in total. The van der Waals surface area contributed by atoms with Crippen molar-refractivity contribution in [2.24, 2.45) is 11.1 Å². The van der Waals surface area contributed by atoms with Gasteiger partial charge in [-0.3, -0.25) is 0 Å². The molecular weight excluding hydrogens is 266 g/mol. The smallest absolute Gasteiger partial charge is 0.227 e. The van der Waals surface area contributed by atoms with Crippen molar-refractivity contribution in [2.45, 2.75) is 32.1 Å². The minimum atomic E-state index is 0.198. The number of methoxy groups -OCH3 is 1. The Morgan fingerprint density at radius 3 is 2.62 bits per heavy atom. The third kappa shape index (κ3) is 3.08. The van der Waals surface area contributed by atoms with Gasteiger partial charge in [-0.05, 0) is 42.5 Å². The fourth-order valence-electron chi connectivity index (χ4n) is 2.81. The molecule has 5 heteroatoms. The molecule has 0 radical (unpaired) electrons. The molecule has 1 aromatic heterocycles. The van der Waals surface area contributed by atoms with Crippen LogP contribution in [-0.2, 0) is 12.8 Å². The summed E-state index contributed by atoms with van der Waals surface area (Å²) in [5, 5.41) is 4.07. The van der Waals surface area contributed by atoms with Crippen LogP contribution in [0.5, 0.6) is 5.75 Å². The molecule has 5 nitrogen and oxygen atoms in total. The predicted octanol–water partition coefficient (Wildman–Crippen LogP) is 2.34. The van der Waals surface area contributed by atoms with Crippen molar-refractivity contribution in [1.82, 2.24) is 10.1 Å². The SMILES string of the molecule is COc1ccc(Cc2noc(CC3(CN)CCC3)n2)cc1. The molecule has 1 saturated carbocycles. The van der Waals surface area contributed by atoms with Crippen LogP contribution in [0.15, 0.2) is 28.8 Å². The van der Waals surface area contributed by atoms with Gasteiger partial charge < -0.3 is 15.0 Å². The van der Waals surface area contributed by atoms with E-state index in [1.807, 2.05) is 24.3 Å². The number of nitrogens with zero attached hydrogens (tertiary/aromatic N) is 2.